The second kappa shape index (κ2) is 4.11. The molecule has 1 aliphatic heterocycles. The largest absolute Gasteiger partial charge is 0.771 e. The van der Waals surface area contributed by atoms with Crippen molar-refractivity contribution in [3.63, 3.8) is 0 Å². The third-order valence-electron chi connectivity index (χ3n) is 2.25. The van der Waals surface area contributed by atoms with Crippen LogP contribution in [0.3, 0.4) is 0 Å². The van der Waals surface area contributed by atoms with E-state index in [0.717, 1.165) is 0 Å². The molecule has 0 bridgehead atoms. The Bertz CT molecular complexity index is 397. The number of nitrogens with one attached hydrogen (secondary N) is 1. The van der Waals surface area contributed by atoms with Crippen LogP contribution in [0.2, 0.25) is 0 Å². The Kier molecular flexibility index (Phi) is 2.98. The zero-order chi connectivity index (χ0) is 11.0. The summed E-state index contributed by atoms with van der Waals surface area (Å²) in [6.45, 7) is 0. The van der Waals surface area contributed by atoms with Crippen molar-refractivity contribution in [2.75, 3.05) is 0 Å². The minimum absolute atomic E-state index is 0.500. The number of hydrogen-bond acceptors (Lipinski definition) is 5. The van der Waals surface area contributed by atoms with Crippen LogP contribution in [0.15, 0.2) is 24.3 Å². The van der Waals surface area contributed by atoms with Crippen LogP contribution in [0.5, 0.6) is 0 Å². The molecule has 1 aromatic rings. The smallest absolute Gasteiger partial charge is 0.0972 e. The summed E-state index contributed by atoms with van der Waals surface area (Å²) in [6, 6.07) is 6.57. The highest BCUT2D eigenvalue weighted by Gasteiger charge is 2.30. The summed E-state index contributed by atoms with van der Waals surface area (Å²) in [5.41, 5.74) is 1.00. The molecule has 0 amide bonds. The van der Waals surface area contributed by atoms with Crippen LogP contribution in [-0.2, 0) is 22.2 Å². The molecule has 7 heteroatoms. The van der Waals surface area contributed by atoms with E-state index in [0.29, 0.717) is 11.1 Å². The predicted molar refractivity (Wildman–Crippen MR) is 52.9 cm³/mol. The third-order valence-corrected chi connectivity index (χ3v) is 3.80. The van der Waals surface area contributed by atoms with Crippen molar-refractivity contribution in [3.05, 3.63) is 35.4 Å². The molecule has 1 aliphatic rings. The molecule has 0 fully saturated rings. The quantitative estimate of drug-likeness (QED) is 0.743. The SMILES string of the molecule is O=S([O-])C1NC(S(=O)[O-])c2ccccc21. The highest BCUT2D eigenvalue weighted by Crippen LogP contribution is 2.35. The molecular formula is C8H7NO4S2-2. The van der Waals surface area contributed by atoms with Gasteiger partial charge in [-0.25, -0.2) is 0 Å². The van der Waals surface area contributed by atoms with Crippen LogP contribution in [0, 0.1) is 0 Å². The third kappa shape index (κ3) is 1.88. The van der Waals surface area contributed by atoms with Crippen LogP contribution in [0.1, 0.15) is 21.9 Å². The van der Waals surface area contributed by atoms with E-state index in [9.17, 15) is 17.5 Å². The lowest BCUT2D eigenvalue weighted by Crippen LogP contribution is -2.23. The average molecular weight is 245 g/mol. The lowest BCUT2D eigenvalue weighted by Gasteiger charge is -2.18. The minimum atomic E-state index is -2.37. The molecule has 0 spiro atoms. The molecule has 5 nitrogen and oxygen atoms in total. The molecule has 82 valence electrons. The molecule has 1 N–H and O–H groups in total. The fraction of sp³-hybridized carbons (Fsp3) is 0.250. The van der Waals surface area contributed by atoms with Gasteiger partial charge < -0.3 is 9.11 Å². The van der Waals surface area contributed by atoms with Gasteiger partial charge in [-0.1, -0.05) is 24.3 Å². The maximum atomic E-state index is 10.9. The molecule has 1 aromatic carbocycles. The minimum Gasteiger partial charge on any atom is -0.771 e. The van der Waals surface area contributed by atoms with Gasteiger partial charge >= 0.3 is 0 Å². The van der Waals surface area contributed by atoms with Gasteiger partial charge in [0.25, 0.3) is 0 Å². The van der Waals surface area contributed by atoms with Crippen LogP contribution in [0.25, 0.3) is 0 Å². The van der Waals surface area contributed by atoms with E-state index in [1.807, 2.05) is 0 Å². The van der Waals surface area contributed by atoms with Crippen molar-refractivity contribution < 1.29 is 17.5 Å². The molecule has 0 aliphatic carbocycles. The van der Waals surface area contributed by atoms with Crippen molar-refractivity contribution in [3.8, 4) is 0 Å². The zero-order valence-electron chi connectivity index (χ0n) is 7.41. The second-order valence-electron chi connectivity index (χ2n) is 3.08. The lowest BCUT2D eigenvalue weighted by atomic mass is 10.1. The average Bonchev–Trinajstić information content (AvgIpc) is 2.56. The summed E-state index contributed by atoms with van der Waals surface area (Å²) < 4.78 is 43.5. The topological polar surface area (TPSA) is 92.3 Å². The van der Waals surface area contributed by atoms with Crippen molar-refractivity contribution in [1.82, 2.24) is 5.32 Å². The Labute approximate surface area is 91.5 Å². The fourth-order valence-corrected chi connectivity index (χ4v) is 3.05. The summed E-state index contributed by atoms with van der Waals surface area (Å²) in [7, 11) is 0. The standard InChI is InChI=1S/C8H9NO4S2/c10-14(11)7-5-3-1-2-4-6(5)8(9-7)15(12)13/h1-4,7-9H,(H,10,11)(H,12,13)/p-2. The highest BCUT2D eigenvalue weighted by molar-refractivity contribution is 7.80. The maximum absolute atomic E-state index is 10.9. The van der Waals surface area contributed by atoms with E-state index >= 15 is 0 Å². The highest BCUT2D eigenvalue weighted by atomic mass is 32.2. The van der Waals surface area contributed by atoms with Gasteiger partial charge in [-0.3, -0.25) is 13.7 Å². The Morgan fingerprint density at radius 3 is 1.73 bits per heavy atom. The second-order valence-corrected chi connectivity index (χ2v) is 5.06. The van der Waals surface area contributed by atoms with Gasteiger partial charge in [0.15, 0.2) is 0 Å². The predicted octanol–water partition coefficient (Wildman–Crippen LogP) is 0.0452. The van der Waals surface area contributed by atoms with E-state index in [1.54, 1.807) is 24.3 Å². The number of hydrogen-bond donors (Lipinski definition) is 1. The first-order valence-electron chi connectivity index (χ1n) is 4.12. The van der Waals surface area contributed by atoms with Crippen LogP contribution in [-0.4, -0.2) is 17.5 Å². The number of fused-ring (bicyclic) bond motifs is 1. The van der Waals surface area contributed by atoms with Crippen LogP contribution >= 0.6 is 0 Å². The van der Waals surface area contributed by atoms with Crippen molar-refractivity contribution in [2.45, 2.75) is 10.7 Å². The maximum Gasteiger partial charge on any atom is 0.0972 e. The van der Waals surface area contributed by atoms with Gasteiger partial charge in [-0.15, -0.1) is 0 Å². The molecular weight excluding hydrogens is 238 g/mol. The van der Waals surface area contributed by atoms with Crippen molar-refractivity contribution in [2.24, 2.45) is 0 Å². The van der Waals surface area contributed by atoms with Gasteiger partial charge in [0.2, 0.25) is 0 Å². The summed E-state index contributed by atoms with van der Waals surface area (Å²) in [6.07, 6.45) is 0. The number of rotatable bonds is 2. The van der Waals surface area contributed by atoms with Gasteiger partial charge in [0, 0.05) is 0 Å². The summed E-state index contributed by atoms with van der Waals surface area (Å²) in [5.74, 6) is 0. The summed E-state index contributed by atoms with van der Waals surface area (Å²) >= 11 is -4.75. The van der Waals surface area contributed by atoms with E-state index in [4.69, 9.17) is 0 Å². The molecule has 15 heavy (non-hydrogen) atoms. The first-order chi connectivity index (χ1) is 7.11. The molecule has 0 radical (unpaired) electrons. The fourth-order valence-electron chi connectivity index (χ4n) is 1.62. The molecule has 0 saturated carbocycles. The molecule has 0 aromatic heterocycles. The number of benzene rings is 1. The zero-order valence-corrected chi connectivity index (χ0v) is 9.05. The lowest BCUT2D eigenvalue weighted by molar-refractivity contribution is 0.495. The molecule has 1 heterocycles. The Morgan fingerprint density at radius 1 is 1.00 bits per heavy atom. The Balaban J connectivity index is 2.48. The molecule has 2 rings (SSSR count). The van der Waals surface area contributed by atoms with Crippen LogP contribution < -0.4 is 5.32 Å². The van der Waals surface area contributed by atoms with Crippen molar-refractivity contribution >= 4 is 22.2 Å². The van der Waals surface area contributed by atoms with Gasteiger partial charge in [0.05, 0.1) is 10.7 Å². The Morgan fingerprint density at radius 2 is 1.40 bits per heavy atom. The van der Waals surface area contributed by atoms with Gasteiger partial charge in [-0.05, 0) is 33.3 Å². The summed E-state index contributed by atoms with van der Waals surface area (Å²) in [5, 5.41) is 0.649. The molecule has 0 saturated heterocycles. The van der Waals surface area contributed by atoms with E-state index < -0.39 is 32.9 Å². The Hall–Kier alpha value is -0.600. The normalized spacial score (nSPS) is 28.4. The van der Waals surface area contributed by atoms with Gasteiger partial charge in [0.1, 0.15) is 0 Å². The van der Waals surface area contributed by atoms with E-state index in [1.165, 1.54) is 0 Å². The monoisotopic (exact) mass is 245 g/mol. The van der Waals surface area contributed by atoms with Gasteiger partial charge in [-0.2, -0.15) is 0 Å². The van der Waals surface area contributed by atoms with Crippen molar-refractivity contribution in [1.29, 1.82) is 0 Å². The molecule has 4 unspecified atom stereocenters. The van der Waals surface area contributed by atoms with E-state index in [-0.39, 0.29) is 0 Å². The first kappa shape index (κ1) is 10.9. The summed E-state index contributed by atoms with van der Waals surface area (Å²) in [4.78, 5) is 0. The molecule has 4 atom stereocenters. The first-order valence-corrected chi connectivity index (χ1v) is 6.40. The van der Waals surface area contributed by atoms with Crippen LogP contribution in [0.4, 0.5) is 0 Å². The van der Waals surface area contributed by atoms with E-state index in [2.05, 4.69) is 5.32 Å².